The monoisotopic (exact) mass is 1530 g/mol. The Bertz CT molecular complexity index is 6450. The topological polar surface area (TPSA) is 158 Å². The van der Waals surface area contributed by atoms with E-state index in [1.54, 1.807) is 0 Å². The molecule has 0 aliphatic rings. The predicted octanol–water partition coefficient (Wildman–Crippen LogP) is 29.5. The van der Waals surface area contributed by atoms with E-state index in [2.05, 4.69) is 427 Å². The summed E-state index contributed by atoms with van der Waals surface area (Å²) in [5.74, 6) is 0. The van der Waals surface area contributed by atoms with E-state index in [-0.39, 0.29) is 0 Å². The van der Waals surface area contributed by atoms with Crippen molar-refractivity contribution in [2.45, 2.75) is 178 Å². The Labute approximate surface area is 686 Å². The highest BCUT2D eigenvalue weighted by molar-refractivity contribution is 5.91. The molecule has 0 bridgehead atoms. The van der Waals surface area contributed by atoms with Crippen molar-refractivity contribution in [3.05, 3.63) is 354 Å². The summed E-state index contributed by atoms with van der Waals surface area (Å²) < 4.78 is 0. The maximum Gasteiger partial charge on any atom is 0.0488 e. The first-order valence-corrected chi connectivity index (χ1v) is 41.3. The molecule has 0 radical (unpaired) electrons. The van der Waals surface area contributed by atoms with Crippen LogP contribution in [-0.4, -0.2) is 49.8 Å². The van der Waals surface area contributed by atoms with Crippen LogP contribution >= 0.6 is 0 Å². The number of fused-ring (bicyclic) bond motifs is 10. The van der Waals surface area contributed by atoms with Gasteiger partial charge in [0.2, 0.25) is 0 Å². The number of rotatable bonds is 4. The van der Waals surface area contributed by atoms with Crippen LogP contribution in [0.25, 0.3) is 109 Å². The number of aromatic nitrogens is 10. The first-order valence-electron chi connectivity index (χ1n) is 41.3. The molecule has 20 aromatic rings. The second-order valence-corrected chi connectivity index (χ2v) is 31.6. The molecular weight excluding hydrogens is 1410 g/mol. The summed E-state index contributed by atoms with van der Waals surface area (Å²) in [5.41, 5.74) is 41.5. The van der Waals surface area contributed by atoms with Crippen LogP contribution in [0.5, 0.6) is 0 Å². The van der Waals surface area contributed by atoms with Gasteiger partial charge in [0.1, 0.15) is 0 Å². The molecule has 0 aliphatic carbocycles. The molecule has 10 nitrogen and oxygen atoms in total. The molecule has 0 unspecified atom stereocenters. The van der Waals surface area contributed by atoms with Crippen LogP contribution in [0.3, 0.4) is 0 Å². The van der Waals surface area contributed by atoms with Gasteiger partial charge in [0.05, 0.1) is 0 Å². The van der Waals surface area contributed by atoms with Crippen molar-refractivity contribution < 1.29 is 0 Å². The first kappa shape index (κ1) is 84.5. The van der Waals surface area contributed by atoms with E-state index in [4.69, 9.17) is 0 Å². The molecule has 10 aromatic heterocycles. The molecule has 0 aliphatic heterocycles. The fourth-order valence-corrected chi connectivity index (χ4v) is 15.4. The van der Waals surface area contributed by atoms with E-state index in [0.717, 1.165) is 25.7 Å². The summed E-state index contributed by atoms with van der Waals surface area (Å²) in [6.07, 6.45) is 8.47. The molecule has 0 fully saturated rings. The van der Waals surface area contributed by atoms with Gasteiger partial charge in [-0.05, 0) is 324 Å². The molecule has 10 heteroatoms. The second-order valence-electron chi connectivity index (χ2n) is 31.6. The van der Waals surface area contributed by atoms with Gasteiger partial charge in [-0.3, -0.25) is 0 Å². The van der Waals surface area contributed by atoms with E-state index < -0.39 is 0 Å². The standard InChI is InChI=1S/2C12H15N.2C11H13N.6C10H11N/c1-4-10-9(3)13-12-8(2)6-5-7-11(10)12;1-3-9-6-5-7-12-11(9)8-10(4-2)13-12;1-7-4-5-10-8(2)9(3)12-11(10)6-7;1-3-10-7-9-6-4-5-8(2)11(9)12-10;1-7-3-4-10-9(5-7)8(2)6-11-10;2*1-7-3-4-10-9(5-7)6-8(2)11-10;1-7-4-3-5-10-9(7)6-8(2)11-10;1-7-4-3-5-9-8(2)6-11-10(7)9;1-7-4-3-5-9-6-8(2)11-10(7)9/h5-7,13H,4H2,1-3H3;5-8,13H,3-4H2,1-2H3;4-6,12H,1-3H3;4-7,12H,3H2,1-2H3;6*3-6,11H,1-2H3. The minimum Gasteiger partial charge on any atom is -0.361 e. The van der Waals surface area contributed by atoms with Gasteiger partial charge in [-0.25, -0.2) is 0 Å². The second kappa shape index (κ2) is 38.6. The number of hydrogen-bond acceptors (Lipinski definition) is 0. The maximum absolute atomic E-state index is 3.45. The Hall–Kier alpha value is -12.4. The molecule has 0 amide bonds. The summed E-state index contributed by atoms with van der Waals surface area (Å²) in [4.78, 5) is 33.3. The summed E-state index contributed by atoms with van der Waals surface area (Å²) in [6.45, 7) is 46.9. The molecule has 20 rings (SSSR count). The van der Waals surface area contributed by atoms with E-state index in [9.17, 15) is 0 Å². The van der Waals surface area contributed by atoms with Gasteiger partial charge in [0.25, 0.3) is 0 Å². The third-order valence-corrected chi connectivity index (χ3v) is 22.1. The van der Waals surface area contributed by atoms with Gasteiger partial charge in [-0.1, -0.05) is 172 Å². The summed E-state index contributed by atoms with van der Waals surface area (Å²) in [7, 11) is 0. The molecule has 0 atom stereocenters. The van der Waals surface area contributed by atoms with E-state index in [1.807, 2.05) is 6.20 Å². The van der Waals surface area contributed by atoms with Crippen LogP contribution in [-0.2, 0) is 25.7 Å². The zero-order chi connectivity index (χ0) is 83.0. The Morgan fingerprint density at radius 2 is 0.681 bits per heavy atom. The number of benzene rings is 10. The van der Waals surface area contributed by atoms with Crippen molar-refractivity contribution in [3.63, 3.8) is 0 Å². The van der Waals surface area contributed by atoms with Crippen LogP contribution in [0, 0.1) is 125 Å². The van der Waals surface area contributed by atoms with Crippen LogP contribution < -0.4 is 0 Å². The highest BCUT2D eigenvalue weighted by Gasteiger charge is 2.10. The van der Waals surface area contributed by atoms with Gasteiger partial charge < -0.3 is 49.8 Å². The largest absolute Gasteiger partial charge is 0.361 e. The Balaban J connectivity index is 0.000000127. The fraction of sp³-hybridized carbons (Fsp3) is 0.245. The van der Waals surface area contributed by atoms with E-state index in [0.29, 0.717) is 0 Å². The van der Waals surface area contributed by atoms with Crippen molar-refractivity contribution >= 4 is 109 Å². The zero-order valence-electron chi connectivity index (χ0n) is 72.8. The number of H-pyrrole nitrogens is 10. The zero-order valence-corrected chi connectivity index (χ0v) is 72.8. The van der Waals surface area contributed by atoms with Crippen molar-refractivity contribution in [3.8, 4) is 0 Å². The lowest BCUT2D eigenvalue weighted by Gasteiger charge is -1.96. The van der Waals surface area contributed by atoms with Gasteiger partial charge in [0.15, 0.2) is 0 Å². The molecule has 10 heterocycles. The SMILES string of the molecule is CCc1c(C)[nH]c2c(C)cccc12.CCc1cc2c(CC)cccc2[nH]1.CCc1cc2cccc(C)c2[nH]1.Cc1c[nH]c2c(C)cccc12.Cc1cc2c(C)cccc2[nH]1.Cc1cc2cccc(C)c2[nH]1.Cc1ccc2[nH]c(C)cc2c1.Cc1ccc2[nH]c(C)cc2c1.Cc1ccc2[nH]cc(C)c2c1.Cc1ccc2c(C)c(C)[nH]c2c1. The number of aryl methyl sites for hydroxylation is 22. The molecule has 596 valence electrons. The van der Waals surface area contributed by atoms with Crippen LogP contribution in [0.1, 0.15) is 151 Å². The number of aromatic amines is 10. The molecule has 0 saturated carbocycles. The number of hydrogen-bond donors (Lipinski definition) is 10. The van der Waals surface area contributed by atoms with E-state index in [1.165, 1.54) is 232 Å². The average molecular weight is 1540 g/mol. The smallest absolute Gasteiger partial charge is 0.0488 e. The molecule has 0 saturated heterocycles. The van der Waals surface area contributed by atoms with Gasteiger partial charge >= 0.3 is 0 Å². The van der Waals surface area contributed by atoms with Crippen LogP contribution in [0.4, 0.5) is 0 Å². The minimum atomic E-state index is 1.08. The quantitative estimate of drug-likeness (QED) is 0.0814. The normalized spacial score (nSPS) is 10.8. The van der Waals surface area contributed by atoms with Crippen LogP contribution in [0.2, 0.25) is 0 Å². The third kappa shape index (κ3) is 20.9. The van der Waals surface area contributed by atoms with Gasteiger partial charge in [-0.15, -0.1) is 0 Å². The summed E-state index contributed by atoms with van der Waals surface area (Å²) in [5, 5.41) is 13.4. The summed E-state index contributed by atoms with van der Waals surface area (Å²) >= 11 is 0. The Morgan fingerprint density at radius 3 is 1.27 bits per heavy atom. The van der Waals surface area contributed by atoms with Crippen molar-refractivity contribution in [1.82, 2.24) is 49.8 Å². The lowest BCUT2D eigenvalue weighted by Crippen LogP contribution is -1.79. The highest BCUT2D eigenvalue weighted by Crippen LogP contribution is 2.29. The highest BCUT2D eigenvalue weighted by atomic mass is 14.7. The van der Waals surface area contributed by atoms with Crippen molar-refractivity contribution in [2.24, 2.45) is 0 Å². The van der Waals surface area contributed by atoms with Gasteiger partial charge in [-0.2, -0.15) is 0 Å². The van der Waals surface area contributed by atoms with Crippen molar-refractivity contribution in [1.29, 1.82) is 0 Å². The number of nitrogens with one attached hydrogen (secondary N) is 10. The molecular formula is C106H122N10. The molecule has 10 aromatic carbocycles. The van der Waals surface area contributed by atoms with Crippen LogP contribution in [0.15, 0.2) is 231 Å². The molecule has 116 heavy (non-hydrogen) atoms. The number of para-hydroxylation sites is 4. The average Bonchev–Trinajstić information content (AvgIpc) is 1.67. The minimum absolute atomic E-state index is 1.08. The van der Waals surface area contributed by atoms with Gasteiger partial charge in [0, 0.05) is 145 Å². The maximum atomic E-state index is 3.45. The lowest BCUT2D eigenvalue weighted by molar-refractivity contribution is 1.07. The predicted molar refractivity (Wildman–Crippen MR) is 506 cm³/mol. The summed E-state index contributed by atoms with van der Waals surface area (Å²) in [6, 6.07) is 77.4. The lowest BCUT2D eigenvalue weighted by atomic mass is 10.1. The molecule has 10 N–H and O–H groups in total. The third-order valence-electron chi connectivity index (χ3n) is 22.1. The fourth-order valence-electron chi connectivity index (χ4n) is 15.4. The van der Waals surface area contributed by atoms with E-state index >= 15 is 0 Å². The molecule has 0 spiro atoms. The first-order chi connectivity index (χ1) is 55.7. The Kier molecular flexibility index (Phi) is 28.1. The Morgan fingerprint density at radius 1 is 0.224 bits per heavy atom. The van der Waals surface area contributed by atoms with Crippen molar-refractivity contribution in [2.75, 3.05) is 0 Å².